The summed E-state index contributed by atoms with van der Waals surface area (Å²) in [5, 5.41) is 4.44. The standard InChI is InChI=1S/C29H23ClN3P/c30-34(24-11-4-1-5-12-24,25-13-6-2-7-14-25,26-15-8-3-9-16-26)22-23-21-33-20-18-28-27(29(33)32-23)17-10-19-31-28/h1-21H,22H2. The molecule has 0 aliphatic rings. The molecule has 0 bridgehead atoms. The van der Waals surface area contributed by atoms with E-state index in [1.807, 2.05) is 42.7 Å². The Bertz CT molecular complexity index is 1500. The average molecular weight is 480 g/mol. The van der Waals surface area contributed by atoms with E-state index in [1.54, 1.807) is 0 Å². The van der Waals surface area contributed by atoms with Crippen molar-refractivity contribution in [2.75, 3.05) is 0 Å². The van der Waals surface area contributed by atoms with Crippen LogP contribution in [0.4, 0.5) is 0 Å². The molecule has 0 aliphatic heterocycles. The number of halogens is 1. The van der Waals surface area contributed by atoms with Crippen molar-refractivity contribution in [1.82, 2.24) is 14.4 Å². The number of rotatable bonds is 5. The molecule has 0 aliphatic carbocycles. The van der Waals surface area contributed by atoms with E-state index < -0.39 is 5.96 Å². The third-order valence-electron chi connectivity index (χ3n) is 6.60. The van der Waals surface area contributed by atoms with Crippen LogP contribution >= 0.6 is 17.2 Å². The molecule has 0 atom stereocenters. The van der Waals surface area contributed by atoms with Gasteiger partial charge in [-0.25, -0.2) is 0 Å². The Morgan fingerprint density at radius 1 is 0.676 bits per heavy atom. The van der Waals surface area contributed by atoms with Gasteiger partial charge >= 0.3 is 204 Å². The summed E-state index contributed by atoms with van der Waals surface area (Å²) in [6.07, 6.45) is 6.56. The number of fused-ring (bicyclic) bond motifs is 3. The van der Waals surface area contributed by atoms with Crippen molar-refractivity contribution in [2.24, 2.45) is 0 Å². The summed E-state index contributed by atoms with van der Waals surface area (Å²) in [7, 11) is 0. The molecule has 0 N–H and O–H groups in total. The molecular weight excluding hydrogens is 457 g/mol. The Morgan fingerprint density at radius 3 is 1.79 bits per heavy atom. The number of pyridine rings is 2. The minimum absolute atomic E-state index is 0.606. The molecule has 0 spiro atoms. The molecule has 0 saturated carbocycles. The second-order valence-electron chi connectivity index (χ2n) is 8.56. The van der Waals surface area contributed by atoms with Gasteiger partial charge in [-0.2, -0.15) is 0 Å². The number of hydrogen-bond donors (Lipinski definition) is 0. The number of imidazole rings is 1. The van der Waals surface area contributed by atoms with Crippen molar-refractivity contribution >= 4 is 49.7 Å². The van der Waals surface area contributed by atoms with E-state index in [-0.39, 0.29) is 0 Å². The van der Waals surface area contributed by atoms with Crippen LogP contribution in [0.3, 0.4) is 0 Å². The van der Waals surface area contributed by atoms with Crippen LogP contribution in [0, 0.1) is 0 Å². The Morgan fingerprint density at radius 2 is 1.24 bits per heavy atom. The topological polar surface area (TPSA) is 30.2 Å². The minimum atomic E-state index is -3.44. The van der Waals surface area contributed by atoms with E-state index in [9.17, 15) is 0 Å². The van der Waals surface area contributed by atoms with Crippen molar-refractivity contribution in [3.8, 4) is 0 Å². The Hall–Kier alpha value is -3.52. The zero-order valence-corrected chi connectivity index (χ0v) is 20.1. The van der Waals surface area contributed by atoms with E-state index in [2.05, 4.69) is 94.4 Å². The summed E-state index contributed by atoms with van der Waals surface area (Å²) in [6, 6.07) is 37.6. The molecule has 0 saturated heterocycles. The van der Waals surface area contributed by atoms with Gasteiger partial charge in [0, 0.05) is 0 Å². The fourth-order valence-electron chi connectivity index (χ4n) is 4.97. The average Bonchev–Trinajstić information content (AvgIpc) is 3.33. The molecule has 6 aromatic rings. The molecule has 0 amide bonds. The van der Waals surface area contributed by atoms with Gasteiger partial charge in [0.25, 0.3) is 0 Å². The normalized spacial score (nSPS) is 13.0. The summed E-state index contributed by atoms with van der Waals surface area (Å²) in [5.74, 6) is -3.44. The first kappa shape index (κ1) is 21.0. The number of benzene rings is 3. The summed E-state index contributed by atoms with van der Waals surface area (Å²) in [6.45, 7) is 0. The number of nitrogens with zero attached hydrogens (tertiary/aromatic N) is 3. The van der Waals surface area contributed by atoms with Crippen LogP contribution in [0.2, 0.25) is 0 Å². The predicted octanol–water partition coefficient (Wildman–Crippen LogP) is 6.07. The quantitative estimate of drug-likeness (QED) is 0.281. The summed E-state index contributed by atoms with van der Waals surface area (Å²) >= 11 is 8.22. The Balaban J connectivity index is 1.66. The van der Waals surface area contributed by atoms with Crippen molar-refractivity contribution in [2.45, 2.75) is 6.16 Å². The second kappa shape index (κ2) is 8.06. The van der Waals surface area contributed by atoms with Crippen molar-refractivity contribution in [1.29, 1.82) is 0 Å². The molecule has 5 heteroatoms. The molecule has 0 unspecified atom stereocenters. The van der Waals surface area contributed by atoms with Gasteiger partial charge in [-0.3, -0.25) is 0 Å². The van der Waals surface area contributed by atoms with Crippen LogP contribution in [0.15, 0.2) is 128 Å². The van der Waals surface area contributed by atoms with Gasteiger partial charge in [-0.05, 0) is 0 Å². The first-order valence-electron chi connectivity index (χ1n) is 11.3. The molecule has 3 aromatic heterocycles. The summed E-state index contributed by atoms with van der Waals surface area (Å²) in [4.78, 5) is 9.62. The summed E-state index contributed by atoms with van der Waals surface area (Å²) < 4.78 is 2.08. The van der Waals surface area contributed by atoms with Gasteiger partial charge in [0.15, 0.2) is 0 Å². The van der Waals surface area contributed by atoms with E-state index in [0.29, 0.717) is 6.16 Å². The van der Waals surface area contributed by atoms with Gasteiger partial charge in [-0.15, -0.1) is 0 Å². The van der Waals surface area contributed by atoms with Crippen LogP contribution in [0.5, 0.6) is 0 Å². The zero-order chi connectivity index (χ0) is 23.0. The van der Waals surface area contributed by atoms with E-state index in [4.69, 9.17) is 16.2 Å². The van der Waals surface area contributed by atoms with E-state index in [1.165, 1.54) is 0 Å². The van der Waals surface area contributed by atoms with Gasteiger partial charge in [0.05, 0.1) is 0 Å². The van der Waals surface area contributed by atoms with E-state index >= 15 is 0 Å². The summed E-state index contributed by atoms with van der Waals surface area (Å²) in [5.41, 5.74) is 2.79. The zero-order valence-electron chi connectivity index (χ0n) is 18.5. The molecule has 0 radical (unpaired) electrons. The Kier molecular flexibility index (Phi) is 4.99. The number of aromatic nitrogens is 3. The molecule has 0 fully saturated rings. The molecular formula is C29H23ClN3P. The maximum absolute atomic E-state index is 8.22. The molecule has 6 rings (SSSR count). The van der Waals surface area contributed by atoms with Crippen LogP contribution in [0.25, 0.3) is 16.6 Å². The van der Waals surface area contributed by atoms with Crippen molar-refractivity contribution < 1.29 is 0 Å². The van der Waals surface area contributed by atoms with Crippen LogP contribution < -0.4 is 15.9 Å². The first-order chi connectivity index (χ1) is 16.7. The van der Waals surface area contributed by atoms with Crippen molar-refractivity contribution in [3.05, 3.63) is 133 Å². The van der Waals surface area contributed by atoms with Crippen LogP contribution in [-0.4, -0.2) is 14.4 Å². The maximum atomic E-state index is 8.22. The van der Waals surface area contributed by atoms with Gasteiger partial charge < -0.3 is 0 Å². The number of hydrogen-bond acceptors (Lipinski definition) is 2. The fourth-order valence-corrected chi connectivity index (χ4v) is 10.9. The molecule has 166 valence electrons. The molecule has 3 nitrogen and oxygen atoms in total. The third kappa shape index (κ3) is 3.16. The van der Waals surface area contributed by atoms with Gasteiger partial charge in [-0.1, -0.05) is 0 Å². The SMILES string of the molecule is ClP(Cc1cn2ccc3ncccc3c2n1)(c1ccccc1)(c1ccccc1)c1ccccc1. The van der Waals surface area contributed by atoms with Crippen LogP contribution in [0.1, 0.15) is 5.69 Å². The monoisotopic (exact) mass is 479 g/mol. The van der Waals surface area contributed by atoms with Gasteiger partial charge in [0.1, 0.15) is 0 Å². The second-order valence-corrected chi connectivity index (χ2v) is 15.0. The fraction of sp³-hybridized carbons (Fsp3) is 0.0345. The first-order valence-corrected chi connectivity index (χ1v) is 14.6. The van der Waals surface area contributed by atoms with Gasteiger partial charge in [0.2, 0.25) is 0 Å². The molecule has 34 heavy (non-hydrogen) atoms. The van der Waals surface area contributed by atoms with Crippen molar-refractivity contribution in [3.63, 3.8) is 0 Å². The third-order valence-corrected chi connectivity index (χ3v) is 13.8. The Labute approximate surface area is 203 Å². The predicted molar refractivity (Wildman–Crippen MR) is 145 cm³/mol. The molecule has 3 aromatic carbocycles. The van der Waals surface area contributed by atoms with E-state index in [0.717, 1.165) is 38.2 Å². The van der Waals surface area contributed by atoms with Crippen LogP contribution in [-0.2, 0) is 6.16 Å². The molecule has 3 heterocycles.